The molecule has 0 radical (unpaired) electrons. The molecule has 9 atom stereocenters. The van der Waals surface area contributed by atoms with Crippen LogP contribution in [0.4, 0.5) is 0 Å². The first kappa shape index (κ1) is 73.6. The van der Waals surface area contributed by atoms with E-state index < -0.39 is 114 Å². The Morgan fingerprint density at radius 3 is 1.69 bits per heavy atom. The molecule has 520 valence electrons. The van der Waals surface area contributed by atoms with Crippen LogP contribution in [0.3, 0.4) is 0 Å². The molecule has 0 saturated carbocycles. The number of aliphatic carboxylic acids is 1. The van der Waals surface area contributed by atoms with Crippen molar-refractivity contribution < 1.29 is 68.1 Å². The Kier molecular flexibility index (Phi) is 27.0. The number of benzene rings is 3. The molecular weight excluding hydrogens is 1250 g/mol. The van der Waals surface area contributed by atoms with Gasteiger partial charge in [-0.2, -0.15) is 0 Å². The van der Waals surface area contributed by atoms with Gasteiger partial charge >= 0.3 is 0 Å². The molecular formula is C66H87N17O14. The minimum absolute atomic E-state index is 0.0647. The van der Waals surface area contributed by atoms with Crippen LogP contribution in [-0.2, 0) is 78.4 Å². The summed E-state index contributed by atoms with van der Waals surface area (Å²) in [5.74, 6) is -8.42. The summed E-state index contributed by atoms with van der Waals surface area (Å²) < 4.78 is 0. The van der Waals surface area contributed by atoms with Gasteiger partial charge in [0.1, 0.15) is 60.1 Å². The predicted octanol–water partition coefficient (Wildman–Crippen LogP) is -0.669. The molecule has 0 spiro atoms. The molecule has 2 saturated heterocycles. The molecule has 3 aromatic carbocycles. The van der Waals surface area contributed by atoms with E-state index in [4.69, 9.17) is 21.4 Å². The maximum Gasteiger partial charge on any atom is 0.300 e. The summed E-state index contributed by atoms with van der Waals surface area (Å²) in [4.78, 5) is 169. The topological polar surface area (TPSA) is 485 Å². The van der Waals surface area contributed by atoms with Gasteiger partial charge < -0.3 is 94.5 Å². The van der Waals surface area contributed by atoms with Crippen molar-refractivity contribution in [1.29, 1.82) is 0 Å². The molecule has 97 heavy (non-hydrogen) atoms. The third-order valence-electron chi connectivity index (χ3n) is 16.3. The summed E-state index contributed by atoms with van der Waals surface area (Å²) in [6, 6.07) is 8.42. The van der Waals surface area contributed by atoms with Gasteiger partial charge in [0.05, 0.1) is 12.9 Å². The number of carboxylic acids is 1. The van der Waals surface area contributed by atoms with E-state index in [1.807, 2.05) is 38.1 Å². The molecule has 2 aliphatic rings. The number of carboxylic acid groups (broad SMARTS) is 1. The first-order valence-electron chi connectivity index (χ1n) is 32.1. The fraction of sp³-hybridized carbons (Fsp3) is 0.439. The van der Waals surface area contributed by atoms with E-state index >= 15 is 9.59 Å². The number of aliphatic hydroxyl groups is 1. The van der Waals surface area contributed by atoms with Gasteiger partial charge in [0.15, 0.2) is 5.96 Å². The number of likely N-dealkylation sites (tertiary alicyclic amines) is 1. The lowest BCUT2D eigenvalue weighted by Crippen LogP contribution is -2.61. The quantitative estimate of drug-likeness (QED) is 0.0141. The number of aromatic hydroxyl groups is 1. The van der Waals surface area contributed by atoms with Crippen molar-refractivity contribution in [2.45, 2.75) is 153 Å². The van der Waals surface area contributed by atoms with Gasteiger partial charge in [-0.1, -0.05) is 62.4 Å². The van der Waals surface area contributed by atoms with Gasteiger partial charge in [-0.3, -0.25) is 57.7 Å². The number of para-hydroxylation sites is 2. The Labute approximate surface area is 558 Å². The molecule has 6 aromatic rings. The maximum absolute atomic E-state index is 15.1. The number of aromatic amines is 3. The largest absolute Gasteiger partial charge is 0.508 e. The van der Waals surface area contributed by atoms with E-state index in [9.17, 15) is 48.6 Å². The molecule has 0 bridgehead atoms. The van der Waals surface area contributed by atoms with Crippen LogP contribution < -0.4 is 59.3 Å². The number of nitrogens with two attached hydrogens (primary N) is 2. The number of phenols is 1. The second-order valence-corrected chi connectivity index (χ2v) is 24.2. The van der Waals surface area contributed by atoms with Crippen molar-refractivity contribution >= 4 is 92.8 Å². The summed E-state index contributed by atoms with van der Waals surface area (Å²) in [6.45, 7) is 6.23. The fourth-order valence-electron chi connectivity index (χ4n) is 11.5. The lowest BCUT2D eigenvalue weighted by Gasteiger charge is -2.30. The van der Waals surface area contributed by atoms with Crippen LogP contribution in [0.2, 0.25) is 0 Å². The van der Waals surface area contributed by atoms with Gasteiger partial charge in [0, 0.05) is 105 Å². The number of carbonyl (C=O) groups excluding carboxylic acids is 10. The Bertz CT molecular complexity index is 3750. The van der Waals surface area contributed by atoms with E-state index in [1.54, 1.807) is 43.6 Å². The molecule has 10 amide bonds. The van der Waals surface area contributed by atoms with Gasteiger partial charge in [-0.25, -0.2) is 4.98 Å². The summed E-state index contributed by atoms with van der Waals surface area (Å²) in [7, 11) is 0. The number of aromatic nitrogens is 4. The summed E-state index contributed by atoms with van der Waals surface area (Å²) in [6.07, 6.45) is 7.10. The standard InChI is InChI=1S/C64H83N17O12.C2H4O2/c1-4-68-62(92)53-16-10-24-81(53)63(93)46(15-9-23-69-64(65)66)74-56(86)47(25-35(2)3)75-58(88)49(27-37-30-70-43-13-7-5-11-41(37)43)77-57(87)48(26-36-17-19-40(83)20-18-36)76-61(91)52(33-82)80-59(89)50(28-38-31-71-44-14-8-6-12-42(38)44)78-60(90)51(29-39-32-67-34-72-39)79-55(85)45-21-22-54(84)73-45;1-2(3)4/h5-8,11-14,17-20,30-32,34-35,45-53,70-71,82-83H,4,9-10,15-16,21-29,33H2,1-3H3,(H,67,72)(H,68,92)(H,73,84)(H,74,86)(H,75,88)(H,76,91)(H,77,87)(H,78,90)(H,79,85)(H,80,89)(H4,65,66,69);1H3,(H,3,4)/t45-,46-,47-,48-,49-,50-,51+,52+,53?;/m0./s1. The number of hydrogen-bond acceptors (Lipinski definition) is 15. The van der Waals surface area contributed by atoms with E-state index in [1.165, 1.54) is 41.7 Å². The van der Waals surface area contributed by atoms with Crippen molar-refractivity contribution in [2.24, 2.45) is 22.4 Å². The highest BCUT2D eigenvalue weighted by molar-refractivity contribution is 6.00. The molecule has 31 heteroatoms. The van der Waals surface area contributed by atoms with E-state index in [2.05, 4.69) is 72.8 Å². The van der Waals surface area contributed by atoms with Crippen molar-refractivity contribution in [3.05, 3.63) is 120 Å². The van der Waals surface area contributed by atoms with Crippen molar-refractivity contribution in [3.63, 3.8) is 0 Å². The molecule has 2 fully saturated rings. The highest BCUT2D eigenvalue weighted by Gasteiger charge is 2.40. The monoisotopic (exact) mass is 1340 g/mol. The number of amides is 10. The van der Waals surface area contributed by atoms with Gasteiger partial charge in [-0.05, 0) is 92.3 Å². The fourth-order valence-corrected chi connectivity index (χ4v) is 11.5. The molecule has 31 nitrogen and oxygen atoms in total. The highest BCUT2D eigenvalue weighted by Crippen LogP contribution is 2.24. The molecule has 3 aromatic heterocycles. The Morgan fingerprint density at radius 1 is 0.660 bits per heavy atom. The van der Waals surface area contributed by atoms with Gasteiger partial charge in [-0.15, -0.1) is 0 Å². The molecule has 1 unspecified atom stereocenters. The number of carbonyl (C=O) groups is 11. The zero-order valence-electron chi connectivity index (χ0n) is 54.4. The number of guanidine groups is 1. The smallest absolute Gasteiger partial charge is 0.300 e. The number of likely N-dealkylation sites (N-methyl/N-ethyl adjacent to an activating group) is 1. The number of imidazole rings is 1. The number of aliphatic imine (C=N–C) groups is 1. The maximum atomic E-state index is 15.1. The molecule has 8 rings (SSSR count). The number of rotatable bonds is 32. The minimum atomic E-state index is -1.78. The van der Waals surface area contributed by atoms with Gasteiger partial charge in [0.25, 0.3) is 5.97 Å². The van der Waals surface area contributed by atoms with Crippen LogP contribution in [0.25, 0.3) is 21.8 Å². The van der Waals surface area contributed by atoms with E-state index in [0.717, 1.165) is 6.92 Å². The minimum Gasteiger partial charge on any atom is -0.508 e. The average molecular weight is 1340 g/mol. The Morgan fingerprint density at radius 2 is 1.18 bits per heavy atom. The first-order chi connectivity index (χ1) is 46.4. The number of hydrogen-bond donors (Lipinski definition) is 17. The second kappa shape index (κ2) is 35.6. The number of H-pyrrole nitrogens is 3. The lowest BCUT2D eigenvalue weighted by molar-refractivity contribution is -0.142. The SMILES string of the molecule is CC(=O)O.CCNC(=O)C1CCCN1C(=O)[C@H](CCCN=C(N)N)NC(=O)[C@H](CC(C)C)NC(=O)[C@H](Cc1c[nH]c2ccccc12)NC(=O)[C@H](Cc1ccc(O)cc1)NC(=O)[C@@H](CO)NC(=O)[C@H](Cc1c[nH]c2ccccc12)NC(=O)[C@@H](Cc1cnc[nH]1)NC(=O)[C@@H]1CCC(=O)N1. The summed E-state index contributed by atoms with van der Waals surface area (Å²) >= 11 is 0. The van der Waals surface area contributed by atoms with Crippen molar-refractivity contribution in [1.82, 2.24) is 72.7 Å². The van der Waals surface area contributed by atoms with E-state index in [-0.39, 0.29) is 100 Å². The lowest BCUT2D eigenvalue weighted by atomic mass is 9.99. The molecule has 19 N–H and O–H groups in total. The normalized spacial score (nSPS) is 16.4. The number of nitrogens with zero attached hydrogens (tertiary/aromatic N) is 3. The summed E-state index contributed by atoms with van der Waals surface area (Å²) in [5.41, 5.74) is 14.6. The molecule has 2 aliphatic heterocycles. The van der Waals surface area contributed by atoms with E-state index in [0.29, 0.717) is 63.6 Å². The number of phenolic OH excluding ortho intramolecular Hbond substituents is 1. The predicted molar refractivity (Wildman–Crippen MR) is 356 cm³/mol. The van der Waals surface area contributed by atoms with Crippen LogP contribution in [0, 0.1) is 5.92 Å². The molecule has 0 aliphatic carbocycles. The van der Waals surface area contributed by atoms with Crippen LogP contribution >= 0.6 is 0 Å². The number of aliphatic hydroxyl groups excluding tert-OH is 1. The number of fused-ring (bicyclic) bond motifs is 2. The van der Waals surface area contributed by atoms with Crippen LogP contribution in [-0.4, -0.2) is 192 Å². The third-order valence-corrected chi connectivity index (χ3v) is 16.3. The van der Waals surface area contributed by atoms with Crippen LogP contribution in [0.1, 0.15) is 95.0 Å². The number of nitrogens with one attached hydrogen (secondary N) is 12. The van der Waals surface area contributed by atoms with Gasteiger partial charge in [0.2, 0.25) is 59.1 Å². The third kappa shape index (κ3) is 21.6. The van der Waals surface area contributed by atoms with Crippen LogP contribution in [0.5, 0.6) is 5.75 Å². The Hall–Kier alpha value is -10.9. The zero-order valence-corrected chi connectivity index (χ0v) is 54.4. The first-order valence-corrected chi connectivity index (χ1v) is 32.1. The van der Waals surface area contributed by atoms with Crippen LogP contribution in [0.15, 0.2) is 103 Å². The zero-order chi connectivity index (χ0) is 70.3. The second-order valence-electron chi connectivity index (χ2n) is 24.2. The molecule has 5 heterocycles. The Balaban J connectivity index is 0.00000322. The highest BCUT2D eigenvalue weighted by atomic mass is 16.4. The average Bonchev–Trinajstić information content (AvgIpc) is 1.67. The summed E-state index contributed by atoms with van der Waals surface area (Å²) in [5, 5.41) is 54.4. The van der Waals surface area contributed by atoms with Crippen molar-refractivity contribution in [2.75, 3.05) is 26.2 Å². The van der Waals surface area contributed by atoms with Crippen molar-refractivity contribution in [3.8, 4) is 5.75 Å².